The van der Waals surface area contributed by atoms with Gasteiger partial charge in [-0.25, -0.2) is 0 Å². The monoisotopic (exact) mass is 256 g/mol. The van der Waals surface area contributed by atoms with Crippen LogP contribution in [-0.2, 0) is 9.53 Å². The second-order valence-corrected chi connectivity index (χ2v) is 5.26. The summed E-state index contributed by atoms with van der Waals surface area (Å²) in [6.07, 6.45) is 5.17. The van der Waals surface area contributed by atoms with Crippen LogP contribution >= 0.6 is 0 Å². The van der Waals surface area contributed by atoms with Crippen LogP contribution in [-0.4, -0.2) is 49.7 Å². The summed E-state index contributed by atoms with van der Waals surface area (Å²) >= 11 is 0. The molecule has 2 unspecified atom stereocenters. The van der Waals surface area contributed by atoms with Crippen LogP contribution in [0.4, 0.5) is 0 Å². The lowest BCUT2D eigenvalue weighted by molar-refractivity contribution is -0.148. The van der Waals surface area contributed by atoms with Gasteiger partial charge in [-0.2, -0.15) is 0 Å². The van der Waals surface area contributed by atoms with Gasteiger partial charge in [-0.05, 0) is 52.2 Å². The molecule has 1 aliphatic carbocycles. The first-order chi connectivity index (χ1) is 8.63. The molecule has 0 aromatic carbocycles. The standard InChI is InChI=1S/C14H28N2O2/c1-5-9-16(10-6-2)12-7-8-14(11-12,15-3)13(17)18-4/h12,15H,5-11H2,1-4H3. The number of nitrogens with one attached hydrogen (secondary N) is 1. The summed E-state index contributed by atoms with van der Waals surface area (Å²) < 4.78 is 4.96. The third-order valence-electron chi connectivity index (χ3n) is 4.08. The molecule has 4 heteroatoms. The highest BCUT2D eigenvalue weighted by Crippen LogP contribution is 2.34. The largest absolute Gasteiger partial charge is 0.468 e. The Kier molecular flexibility index (Phi) is 6.09. The molecular weight excluding hydrogens is 228 g/mol. The van der Waals surface area contributed by atoms with E-state index in [0.717, 1.165) is 32.4 Å². The van der Waals surface area contributed by atoms with Crippen molar-refractivity contribution in [3.63, 3.8) is 0 Å². The highest BCUT2D eigenvalue weighted by atomic mass is 16.5. The number of hydrogen-bond acceptors (Lipinski definition) is 4. The van der Waals surface area contributed by atoms with E-state index < -0.39 is 5.54 Å². The molecule has 0 aromatic rings. The number of ether oxygens (including phenoxy) is 1. The van der Waals surface area contributed by atoms with Crippen molar-refractivity contribution in [1.29, 1.82) is 0 Å². The molecule has 0 heterocycles. The van der Waals surface area contributed by atoms with E-state index >= 15 is 0 Å². The molecule has 2 atom stereocenters. The number of likely N-dealkylation sites (N-methyl/N-ethyl adjacent to an activating group) is 1. The Labute approximate surface area is 111 Å². The summed E-state index contributed by atoms with van der Waals surface area (Å²) in [4.78, 5) is 14.5. The van der Waals surface area contributed by atoms with Crippen LogP contribution in [0, 0.1) is 0 Å². The van der Waals surface area contributed by atoms with Crippen molar-refractivity contribution in [3.8, 4) is 0 Å². The van der Waals surface area contributed by atoms with Gasteiger partial charge in [-0.15, -0.1) is 0 Å². The molecule has 4 nitrogen and oxygen atoms in total. The highest BCUT2D eigenvalue weighted by Gasteiger charge is 2.46. The van der Waals surface area contributed by atoms with E-state index in [9.17, 15) is 4.79 Å². The normalized spacial score (nSPS) is 27.7. The first-order valence-electron chi connectivity index (χ1n) is 7.14. The third-order valence-corrected chi connectivity index (χ3v) is 4.08. The Hall–Kier alpha value is -0.610. The second kappa shape index (κ2) is 7.10. The van der Waals surface area contributed by atoms with Crippen LogP contribution in [0.2, 0.25) is 0 Å². The van der Waals surface area contributed by atoms with Gasteiger partial charge in [-0.3, -0.25) is 4.79 Å². The maximum atomic E-state index is 11.9. The maximum absolute atomic E-state index is 11.9. The number of carbonyl (C=O) groups is 1. The maximum Gasteiger partial charge on any atom is 0.326 e. The lowest BCUT2D eigenvalue weighted by Gasteiger charge is -2.30. The summed E-state index contributed by atoms with van der Waals surface area (Å²) in [5.74, 6) is -0.111. The third kappa shape index (κ3) is 3.23. The quantitative estimate of drug-likeness (QED) is 0.705. The predicted octanol–water partition coefficient (Wildman–Crippen LogP) is 1.79. The number of carbonyl (C=O) groups excluding carboxylic acids is 1. The fourth-order valence-electron chi connectivity index (χ4n) is 3.09. The average Bonchev–Trinajstić information content (AvgIpc) is 2.83. The van der Waals surface area contributed by atoms with E-state index in [4.69, 9.17) is 4.74 Å². The predicted molar refractivity (Wildman–Crippen MR) is 73.6 cm³/mol. The van der Waals surface area contributed by atoms with E-state index in [-0.39, 0.29) is 5.97 Å². The molecule has 1 fully saturated rings. The minimum Gasteiger partial charge on any atom is -0.468 e. The molecule has 0 saturated heterocycles. The van der Waals surface area contributed by atoms with Gasteiger partial charge in [0.2, 0.25) is 0 Å². The number of esters is 1. The fourth-order valence-corrected chi connectivity index (χ4v) is 3.09. The Balaban J connectivity index is 2.69. The molecular formula is C14H28N2O2. The lowest BCUT2D eigenvalue weighted by atomic mass is 9.97. The Morgan fingerprint density at radius 1 is 1.39 bits per heavy atom. The van der Waals surface area contributed by atoms with Crippen molar-refractivity contribution in [2.75, 3.05) is 27.2 Å². The van der Waals surface area contributed by atoms with E-state index in [2.05, 4.69) is 24.1 Å². The van der Waals surface area contributed by atoms with Gasteiger partial charge in [0.1, 0.15) is 5.54 Å². The Morgan fingerprint density at radius 2 is 2.00 bits per heavy atom. The van der Waals surface area contributed by atoms with Crippen LogP contribution in [0.3, 0.4) is 0 Å². The van der Waals surface area contributed by atoms with Gasteiger partial charge < -0.3 is 15.0 Å². The minimum absolute atomic E-state index is 0.111. The smallest absolute Gasteiger partial charge is 0.326 e. The summed E-state index contributed by atoms with van der Waals surface area (Å²) in [5.41, 5.74) is -0.459. The number of rotatable bonds is 7. The first kappa shape index (κ1) is 15.4. The average molecular weight is 256 g/mol. The van der Waals surface area contributed by atoms with Crippen molar-refractivity contribution < 1.29 is 9.53 Å². The SMILES string of the molecule is CCCN(CCC)C1CCC(NC)(C(=O)OC)C1. The van der Waals surface area contributed by atoms with Gasteiger partial charge in [0, 0.05) is 6.04 Å². The Morgan fingerprint density at radius 3 is 2.44 bits per heavy atom. The molecule has 0 amide bonds. The van der Waals surface area contributed by atoms with Gasteiger partial charge in [0.05, 0.1) is 7.11 Å². The number of hydrogen-bond donors (Lipinski definition) is 1. The molecule has 0 bridgehead atoms. The van der Waals surface area contributed by atoms with E-state index in [1.54, 1.807) is 0 Å². The van der Waals surface area contributed by atoms with E-state index in [1.165, 1.54) is 20.0 Å². The molecule has 1 rings (SSSR count). The topological polar surface area (TPSA) is 41.6 Å². The summed E-state index contributed by atoms with van der Waals surface area (Å²) in [7, 11) is 3.34. The molecule has 0 radical (unpaired) electrons. The summed E-state index contributed by atoms with van der Waals surface area (Å²) in [5, 5.41) is 3.20. The Bertz CT molecular complexity index is 265. The lowest BCUT2D eigenvalue weighted by Crippen LogP contribution is -2.50. The fraction of sp³-hybridized carbons (Fsp3) is 0.929. The highest BCUT2D eigenvalue weighted by molar-refractivity contribution is 5.81. The van der Waals surface area contributed by atoms with Gasteiger partial charge in [0.25, 0.3) is 0 Å². The zero-order chi connectivity index (χ0) is 13.6. The molecule has 1 N–H and O–H groups in total. The number of methoxy groups -OCH3 is 1. The van der Waals surface area contributed by atoms with Crippen molar-refractivity contribution in [2.45, 2.75) is 57.5 Å². The first-order valence-corrected chi connectivity index (χ1v) is 7.14. The molecule has 0 spiro atoms. The molecule has 18 heavy (non-hydrogen) atoms. The number of nitrogens with zero attached hydrogens (tertiary/aromatic N) is 1. The van der Waals surface area contributed by atoms with Crippen LogP contribution in [0.15, 0.2) is 0 Å². The summed E-state index contributed by atoms with van der Waals surface area (Å²) in [6, 6.07) is 0.511. The van der Waals surface area contributed by atoms with Gasteiger partial charge >= 0.3 is 5.97 Å². The van der Waals surface area contributed by atoms with Gasteiger partial charge in [0.15, 0.2) is 0 Å². The van der Waals surface area contributed by atoms with Crippen LogP contribution in [0.1, 0.15) is 46.0 Å². The zero-order valence-corrected chi connectivity index (χ0v) is 12.3. The molecule has 0 aromatic heterocycles. The second-order valence-electron chi connectivity index (χ2n) is 5.26. The zero-order valence-electron chi connectivity index (χ0n) is 12.3. The minimum atomic E-state index is -0.459. The molecule has 1 aliphatic rings. The van der Waals surface area contributed by atoms with Crippen LogP contribution in [0.5, 0.6) is 0 Å². The van der Waals surface area contributed by atoms with Crippen molar-refractivity contribution >= 4 is 5.97 Å². The molecule has 0 aliphatic heterocycles. The van der Waals surface area contributed by atoms with E-state index in [1.807, 2.05) is 7.05 Å². The van der Waals surface area contributed by atoms with Crippen molar-refractivity contribution in [1.82, 2.24) is 10.2 Å². The van der Waals surface area contributed by atoms with E-state index in [0.29, 0.717) is 6.04 Å². The van der Waals surface area contributed by atoms with Gasteiger partial charge in [-0.1, -0.05) is 13.8 Å². The van der Waals surface area contributed by atoms with Crippen LogP contribution in [0.25, 0.3) is 0 Å². The molecule has 1 saturated carbocycles. The van der Waals surface area contributed by atoms with Crippen molar-refractivity contribution in [3.05, 3.63) is 0 Å². The van der Waals surface area contributed by atoms with Crippen molar-refractivity contribution in [2.24, 2.45) is 0 Å². The van der Waals surface area contributed by atoms with Crippen LogP contribution < -0.4 is 5.32 Å². The summed E-state index contributed by atoms with van der Waals surface area (Å²) in [6.45, 7) is 6.67. The molecule has 106 valence electrons.